The largest absolute Gasteiger partial charge is 0.490 e. The molecule has 6 nitrogen and oxygen atoms in total. The summed E-state index contributed by atoms with van der Waals surface area (Å²) in [6, 6.07) is 7.76. The van der Waals surface area contributed by atoms with Crippen LogP contribution >= 0.6 is 0 Å². The third kappa shape index (κ3) is 5.59. The number of fused-ring (bicyclic) bond motifs is 1. The van der Waals surface area contributed by atoms with Gasteiger partial charge in [-0.2, -0.15) is 0 Å². The summed E-state index contributed by atoms with van der Waals surface area (Å²) in [5.74, 6) is -0.856. The number of carboxylic acids is 1. The molecule has 0 unspecified atom stereocenters. The number of carbonyl (C=O) groups excluding carboxylic acids is 1. The molecule has 1 N–H and O–H groups in total. The molecular formula is C22H26FNO5. The van der Waals surface area contributed by atoms with E-state index in [1.165, 1.54) is 12.1 Å². The first-order valence-electron chi connectivity index (χ1n) is 9.69. The van der Waals surface area contributed by atoms with E-state index in [2.05, 4.69) is 0 Å². The van der Waals surface area contributed by atoms with Crippen molar-refractivity contribution >= 4 is 22.8 Å². The summed E-state index contributed by atoms with van der Waals surface area (Å²) in [4.78, 5) is 25.0. The van der Waals surface area contributed by atoms with Crippen LogP contribution in [0.25, 0.3) is 10.8 Å². The van der Waals surface area contributed by atoms with Gasteiger partial charge >= 0.3 is 12.1 Å². The minimum absolute atomic E-state index is 0.138. The third-order valence-electron chi connectivity index (χ3n) is 4.68. The molecule has 3 rings (SSSR count). The van der Waals surface area contributed by atoms with Crippen molar-refractivity contribution in [1.29, 1.82) is 0 Å². The van der Waals surface area contributed by atoms with Gasteiger partial charge in [-0.05, 0) is 49.9 Å². The lowest BCUT2D eigenvalue weighted by atomic mass is 10.0. The Balaban J connectivity index is 1.74. The predicted octanol–water partition coefficient (Wildman–Crippen LogP) is 4.38. The summed E-state index contributed by atoms with van der Waals surface area (Å²) in [6.07, 6.45) is 0.589. The standard InChI is InChI=1S/C22H26FNO5/c1-22(2,3)29-21(27)24-8-6-17(7-9-24)28-19-11-14(12-20(25)26)10-15-4-5-16(23)13-18(15)19/h4-5,10-11,13,17H,6-9,12H2,1-3H3,(H,25,26). The first-order valence-corrected chi connectivity index (χ1v) is 9.69. The zero-order chi connectivity index (χ0) is 21.2. The summed E-state index contributed by atoms with van der Waals surface area (Å²) in [7, 11) is 0. The maximum Gasteiger partial charge on any atom is 0.410 e. The number of piperidine rings is 1. The Morgan fingerprint density at radius 1 is 1.17 bits per heavy atom. The van der Waals surface area contributed by atoms with E-state index in [4.69, 9.17) is 14.6 Å². The number of carboxylic acid groups (broad SMARTS) is 1. The fourth-order valence-corrected chi connectivity index (χ4v) is 3.39. The van der Waals surface area contributed by atoms with E-state index in [9.17, 15) is 14.0 Å². The summed E-state index contributed by atoms with van der Waals surface area (Å²) < 4.78 is 25.3. The second-order valence-corrected chi connectivity index (χ2v) is 8.31. The molecule has 1 aliphatic heterocycles. The minimum Gasteiger partial charge on any atom is -0.490 e. The average molecular weight is 403 g/mol. The van der Waals surface area contributed by atoms with Crippen LogP contribution in [0.4, 0.5) is 9.18 Å². The van der Waals surface area contributed by atoms with Gasteiger partial charge in [0.05, 0.1) is 6.42 Å². The van der Waals surface area contributed by atoms with E-state index in [0.717, 1.165) is 5.39 Å². The molecule has 0 spiro atoms. The number of hydrogen-bond donors (Lipinski definition) is 1. The van der Waals surface area contributed by atoms with Crippen molar-refractivity contribution in [2.75, 3.05) is 13.1 Å². The Bertz CT molecular complexity index is 913. The Hall–Kier alpha value is -2.83. The van der Waals surface area contributed by atoms with Crippen LogP contribution in [0.2, 0.25) is 0 Å². The zero-order valence-corrected chi connectivity index (χ0v) is 16.9. The van der Waals surface area contributed by atoms with Crippen LogP contribution in [0.1, 0.15) is 39.2 Å². The second kappa shape index (κ2) is 8.27. The molecule has 0 saturated carbocycles. The van der Waals surface area contributed by atoms with Gasteiger partial charge in [0, 0.05) is 31.3 Å². The number of benzene rings is 2. The minimum atomic E-state index is -0.942. The Labute approximate surface area is 169 Å². The lowest BCUT2D eigenvalue weighted by Crippen LogP contribution is -2.44. The summed E-state index contributed by atoms with van der Waals surface area (Å²) in [5.41, 5.74) is 0.0515. The maximum absolute atomic E-state index is 13.8. The van der Waals surface area contributed by atoms with E-state index in [0.29, 0.717) is 42.6 Å². The van der Waals surface area contributed by atoms with E-state index >= 15 is 0 Å². The highest BCUT2D eigenvalue weighted by Crippen LogP contribution is 2.31. The topological polar surface area (TPSA) is 76.1 Å². The van der Waals surface area contributed by atoms with Crippen LogP contribution < -0.4 is 4.74 Å². The number of aliphatic carboxylic acids is 1. The van der Waals surface area contributed by atoms with Crippen LogP contribution in [-0.4, -0.2) is 46.9 Å². The summed E-state index contributed by atoms with van der Waals surface area (Å²) in [6.45, 7) is 6.49. The van der Waals surface area contributed by atoms with Gasteiger partial charge < -0.3 is 19.5 Å². The smallest absolute Gasteiger partial charge is 0.410 e. The van der Waals surface area contributed by atoms with E-state index in [-0.39, 0.29) is 24.4 Å². The van der Waals surface area contributed by atoms with E-state index in [1.807, 2.05) is 20.8 Å². The molecule has 0 atom stereocenters. The predicted molar refractivity (Wildman–Crippen MR) is 107 cm³/mol. The van der Waals surface area contributed by atoms with Crippen LogP contribution in [0, 0.1) is 5.82 Å². The number of halogens is 1. The Kier molecular flexibility index (Phi) is 5.96. The van der Waals surface area contributed by atoms with Gasteiger partial charge in [0.1, 0.15) is 23.3 Å². The van der Waals surface area contributed by atoms with Gasteiger partial charge in [-0.15, -0.1) is 0 Å². The summed E-state index contributed by atoms with van der Waals surface area (Å²) >= 11 is 0. The zero-order valence-electron chi connectivity index (χ0n) is 16.9. The molecule has 29 heavy (non-hydrogen) atoms. The number of hydrogen-bond acceptors (Lipinski definition) is 4. The maximum atomic E-state index is 13.8. The quantitative estimate of drug-likeness (QED) is 0.820. The third-order valence-corrected chi connectivity index (χ3v) is 4.68. The monoisotopic (exact) mass is 403 g/mol. The van der Waals surface area contributed by atoms with Crippen molar-refractivity contribution in [2.45, 2.75) is 51.7 Å². The molecule has 0 radical (unpaired) electrons. The fourth-order valence-electron chi connectivity index (χ4n) is 3.39. The number of rotatable bonds is 4. The van der Waals surface area contributed by atoms with Crippen molar-refractivity contribution in [1.82, 2.24) is 4.90 Å². The van der Waals surface area contributed by atoms with E-state index < -0.39 is 11.6 Å². The van der Waals surface area contributed by atoms with Crippen molar-refractivity contribution in [2.24, 2.45) is 0 Å². The molecule has 1 aliphatic rings. The average Bonchev–Trinajstić information content (AvgIpc) is 2.61. The van der Waals surface area contributed by atoms with Crippen molar-refractivity contribution < 1.29 is 28.6 Å². The molecular weight excluding hydrogens is 377 g/mol. The molecule has 156 valence electrons. The Morgan fingerprint density at radius 3 is 2.48 bits per heavy atom. The number of ether oxygens (including phenoxy) is 2. The highest BCUT2D eigenvalue weighted by Gasteiger charge is 2.28. The highest BCUT2D eigenvalue weighted by atomic mass is 19.1. The molecule has 0 aromatic heterocycles. The van der Waals surface area contributed by atoms with Crippen LogP contribution in [0.5, 0.6) is 5.75 Å². The van der Waals surface area contributed by atoms with Crippen molar-refractivity contribution in [3.8, 4) is 5.75 Å². The highest BCUT2D eigenvalue weighted by molar-refractivity contribution is 5.90. The van der Waals surface area contributed by atoms with Crippen LogP contribution in [-0.2, 0) is 16.0 Å². The van der Waals surface area contributed by atoms with Gasteiger partial charge in [-0.25, -0.2) is 9.18 Å². The van der Waals surface area contributed by atoms with E-state index in [1.54, 1.807) is 23.1 Å². The van der Waals surface area contributed by atoms with Crippen molar-refractivity contribution in [3.05, 3.63) is 41.7 Å². The molecule has 1 saturated heterocycles. The molecule has 1 amide bonds. The molecule has 2 aromatic rings. The molecule has 0 bridgehead atoms. The SMILES string of the molecule is CC(C)(C)OC(=O)N1CCC(Oc2cc(CC(=O)O)cc3ccc(F)cc23)CC1. The Morgan fingerprint density at radius 2 is 1.86 bits per heavy atom. The molecule has 2 aromatic carbocycles. The van der Waals surface area contributed by atoms with Crippen LogP contribution in [0.3, 0.4) is 0 Å². The molecule has 1 fully saturated rings. The summed E-state index contributed by atoms with van der Waals surface area (Å²) in [5, 5.41) is 10.4. The van der Waals surface area contributed by atoms with Gasteiger partial charge in [-0.3, -0.25) is 4.79 Å². The molecule has 0 aliphatic carbocycles. The first kappa shape index (κ1) is 20.9. The van der Waals surface area contributed by atoms with Gasteiger partial charge in [-0.1, -0.05) is 12.1 Å². The van der Waals surface area contributed by atoms with Gasteiger partial charge in [0.15, 0.2) is 0 Å². The number of amides is 1. The second-order valence-electron chi connectivity index (χ2n) is 8.31. The van der Waals surface area contributed by atoms with Crippen LogP contribution in [0.15, 0.2) is 30.3 Å². The van der Waals surface area contributed by atoms with Gasteiger partial charge in [0.25, 0.3) is 0 Å². The van der Waals surface area contributed by atoms with Gasteiger partial charge in [0.2, 0.25) is 0 Å². The number of nitrogens with zero attached hydrogens (tertiary/aromatic N) is 1. The lowest BCUT2D eigenvalue weighted by molar-refractivity contribution is -0.136. The number of carbonyl (C=O) groups is 2. The number of likely N-dealkylation sites (tertiary alicyclic amines) is 1. The van der Waals surface area contributed by atoms with Crippen molar-refractivity contribution in [3.63, 3.8) is 0 Å². The normalized spacial score (nSPS) is 15.4. The first-order chi connectivity index (χ1) is 13.6. The molecule has 7 heteroatoms. The molecule has 1 heterocycles. The fraction of sp³-hybridized carbons (Fsp3) is 0.455. The lowest BCUT2D eigenvalue weighted by Gasteiger charge is -2.33.